The Morgan fingerprint density at radius 2 is 1.69 bits per heavy atom. The predicted octanol–water partition coefficient (Wildman–Crippen LogP) is 3.87. The van der Waals surface area contributed by atoms with E-state index in [1.54, 1.807) is 4.31 Å². The smallest absolute Gasteiger partial charge is 0.232 e. The van der Waals surface area contributed by atoms with Gasteiger partial charge in [-0.3, -0.25) is 9.10 Å². The van der Waals surface area contributed by atoms with E-state index in [1.165, 1.54) is 11.8 Å². The van der Waals surface area contributed by atoms with Crippen molar-refractivity contribution in [3.05, 3.63) is 65.7 Å². The van der Waals surface area contributed by atoms with Crippen molar-refractivity contribution < 1.29 is 13.2 Å². The summed E-state index contributed by atoms with van der Waals surface area (Å²) in [6, 6.07) is 18.2. The zero-order valence-electron chi connectivity index (χ0n) is 21.2. The third-order valence-corrected chi connectivity index (χ3v) is 8.65. The maximum atomic E-state index is 13.3. The zero-order valence-corrected chi connectivity index (χ0v) is 22.0. The van der Waals surface area contributed by atoms with E-state index < -0.39 is 10.0 Å². The first-order valence-electron chi connectivity index (χ1n) is 12.8. The number of benzene rings is 2. The van der Waals surface area contributed by atoms with Crippen molar-refractivity contribution in [3.63, 3.8) is 0 Å². The molecule has 1 amide bonds. The summed E-state index contributed by atoms with van der Waals surface area (Å²) in [6.07, 6.45) is 5.27. The molecular weight excluding hydrogens is 458 g/mol. The number of rotatable bonds is 9. The van der Waals surface area contributed by atoms with Gasteiger partial charge in [0.2, 0.25) is 15.9 Å². The number of fused-ring (bicyclic) bond motifs is 2. The van der Waals surface area contributed by atoms with Crippen LogP contribution in [0.15, 0.2) is 54.6 Å². The van der Waals surface area contributed by atoms with Crippen LogP contribution in [0.25, 0.3) is 0 Å². The predicted molar refractivity (Wildman–Crippen MR) is 142 cm³/mol. The Balaban J connectivity index is 1.41. The summed E-state index contributed by atoms with van der Waals surface area (Å²) in [5.41, 5.74) is 2.94. The summed E-state index contributed by atoms with van der Waals surface area (Å²) in [5.74, 6) is 0.639. The Kier molecular flexibility index (Phi) is 7.86. The molecule has 0 aromatic heterocycles. The van der Waals surface area contributed by atoms with Crippen LogP contribution >= 0.6 is 0 Å². The van der Waals surface area contributed by atoms with Crippen LogP contribution in [-0.2, 0) is 26.7 Å². The molecule has 0 unspecified atom stereocenters. The Morgan fingerprint density at radius 3 is 2.34 bits per heavy atom. The van der Waals surface area contributed by atoms with Crippen LogP contribution in [0, 0.1) is 11.8 Å². The molecule has 2 aromatic carbocycles. The number of carbonyl (C=O) groups excluding carboxylic acids is 1. The van der Waals surface area contributed by atoms with Gasteiger partial charge in [-0.2, -0.15) is 0 Å². The SMILES string of the molecule is CC(C)CNC[C@H](Cc1ccccc1)NC(=O)[C@H]1CC[C@]2(CC1)CN(S(C)(=O)=O)c1ccccc12. The van der Waals surface area contributed by atoms with E-state index in [1.807, 2.05) is 36.4 Å². The molecule has 0 bridgehead atoms. The zero-order chi connectivity index (χ0) is 25.1. The Hall–Kier alpha value is -2.38. The number of nitrogens with zero attached hydrogens (tertiary/aromatic N) is 1. The van der Waals surface area contributed by atoms with Gasteiger partial charge in [0.1, 0.15) is 0 Å². The highest BCUT2D eigenvalue weighted by molar-refractivity contribution is 7.92. The molecule has 0 radical (unpaired) electrons. The number of anilines is 1. The Morgan fingerprint density at radius 1 is 1.03 bits per heavy atom. The molecule has 1 atom stereocenters. The molecule has 190 valence electrons. The van der Waals surface area contributed by atoms with Gasteiger partial charge in [-0.25, -0.2) is 8.42 Å². The fourth-order valence-electron chi connectivity index (χ4n) is 5.68. The van der Waals surface area contributed by atoms with E-state index in [0.717, 1.165) is 56.4 Å². The molecule has 0 saturated heterocycles. The van der Waals surface area contributed by atoms with Gasteiger partial charge in [-0.15, -0.1) is 0 Å². The molecule has 6 nitrogen and oxygen atoms in total. The molecular formula is C28H39N3O3S. The fourth-order valence-corrected chi connectivity index (χ4v) is 6.68. The van der Waals surface area contributed by atoms with Crippen molar-refractivity contribution in [2.75, 3.05) is 30.2 Å². The summed E-state index contributed by atoms with van der Waals surface area (Å²) in [4.78, 5) is 13.3. The van der Waals surface area contributed by atoms with E-state index in [9.17, 15) is 13.2 Å². The molecule has 1 aliphatic carbocycles. The van der Waals surface area contributed by atoms with Crippen molar-refractivity contribution in [1.29, 1.82) is 0 Å². The van der Waals surface area contributed by atoms with Crippen molar-refractivity contribution in [2.24, 2.45) is 11.8 Å². The quantitative estimate of drug-likeness (QED) is 0.551. The van der Waals surface area contributed by atoms with Crippen LogP contribution < -0.4 is 14.9 Å². The van der Waals surface area contributed by atoms with Gasteiger partial charge in [-0.1, -0.05) is 62.4 Å². The van der Waals surface area contributed by atoms with Crippen LogP contribution in [-0.4, -0.2) is 46.3 Å². The van der Waals surface area contributed by atoms with Gasteiger partial charge in [-0.05, 0) is 61.8 Å². The summed E-state index contributed by atoms with van der Waals surface area (Å²) in [6.45, 7) is 6.51. The lowest BCUT2D eigenvalue weighted by Gasteiger charge is -2.37. The van der Waals surface area contributed by atoms with Gasteiger partial charge in [0.05, 0.1) is 11.9 Å². The Bertz CT molecular complexity index is 1110. The normalized spacial score (nSPS) is 22.9. The van der Waals surface area contributed by atoms with E-state index in [2.05, 4.69) is 42.7 Å². The molecule has 2 N–H and O–H groups in total. The molecule has 1 heterocycles. The van der Waals surface area contributed by atoms with Gasteiger partial charge in [0.15, 0.2) is 0 Å². The maximum absolute atomic E-state index is 13.3. The van der Waals surface area contributed by atoms with Crippen molar-refractivity contribution in [3.8, 4) is 0 Å². The number of carbonyl (C=O) groups is 1. The lowest BCUT2D eigenvalue weighted by Crippen LogP contribution is -2.48. The average Bonchev–Trinajstić information content (AvgIpc) is 3.14. The van der Waals surface area contributed by atoms with Gasteiger partial charge in [0, 0.05) is 30.5 Å². The van der Waals surface area contributed by atoms with Crippen LogP contribution in [0.1, 0.15) is 50.7 Å². The largest absolute Gasteiger partial charge is 0.352 e. The number of hydrogen-bond acceptors (Lipinski definition) is 4. The van der Waals surface area contributed by atoms with Crippen molar-refractivity contribution >= 4 is 21.6 Å². The van der Waals surface area contributed by atoms with Crippen molar-refractivity contribution in [1.82, 2.24) is 10.6 Å². The topological polar surface area (TPSA) is 78.5 Å². The second-order valence-electron chi connectivity index (χ2n) is 10.8. The third-order valence-electron chi connectivity index (χ3n) is 7.52. The highest BCUT2D eigenvalue weighted by Gasteiger charge is 2.47. The first-order chi connectivity index (χ1) is 16.7. The van der Waals surface area contributed by atoms with Crippen LogP contribution in [0.4, 0.5) is 5.69 Å². The fraction of sp³-hybridized carbons (Fsp3) is 0.536. The standard InChI is InChI=1S/C28H39N3O3S/c1-21(2)18-29-19-24(17-22-9-5-4-6-10-22)30-27(32)23-13-15-28(16-14-23)20-31(35(3,33)34)26-12-8-7-11-25(26)28/h4-12,21,23-24,29H,13-20H2,1-3H3,(H,30,32)/t23-,24-,28-/m0/s1. The second kappa shape index (κ2) is 10.7. The summed E-state index contributed by atoms with van der Waals surface area (Å²) >= 11 is 0. The molecule has 1 saturated carbocycles. The minimum atomic E-state index is -3.33. The highest BCUT2D eigenvalue weighted by atomic mass is 32.2. The maximum Gasteiger partial charge on any atom is 0.232 e. The molecule has 1 fully saturated rings. The average molecular weight is 498 g/mol. The lowest BCUT2D eigenvalue weighted by atomic mass is 9.67. The Labute approximate surface area is 210 Å². The minimum absolute atomic E-state index is 0.0347. The van der Waals surface area contributed by atoms with Gasteiger partial charge in [0.25, 0.3) is 0 Å². The van der Waals surface area contributed by atoms with Crippen LogP contribution in [0.2, 0.25) is 0 Å². The monoisotopic (exact) mass is 497 g/mol. The summed E-state index contributed by atoms with van der Waals surface area (Å²) < 4.78 is 26.5. The molecule has 1 aliphatic heterocycles. The van der Waals surface area contributed by atoms with Crippen molar-refractivity contribution in [2.45, 2.75) is 57.4 Å². The lowest BCUT2D eigenvalue weighted by molar-refractivity contribution is -0.127. The van der Waals surface area contributed by atoms with E-state index >= 15 is 0 Å². The molecule has 2 aromatic rings. The highest BCUT2D eigenvalue weighted by Crippen LogP contribution is 2.50. The number of amides is 1. The van der Waals surface area contributed by atoms with Gasteiger partial charge >= 0.3 is 0 Å². The van der Waals surface area contributed by atoms with Gasteiger partial charge < -0.3 is 10.6 Å². The van der Waals surface area contributed by atoms with E-state index in [4.69, 9.17) is 0 Å². The molecule has 2 aliphatic rings. The number of sulfonamides is 1. The summed E-state index contributed by atoms with van der Waals surface area (Å²) in [5, 5.41) is 6.84. The molecule has 1 spiro atoms. The second-order valence-corrected chi connectivity index (χ2v) is 12.7. The molecule has 4 rings (SSSR count). The van der Waals surface area contributed by atoms with Crippen LogP contribution in [0.5, 0.6) is 0 Å². The minimum Gasteiger partial charge on any atom is -0.352 e. The van der Waals surface area contributed by atoms with E-state index in [0.29, 0.717) is 12.5 Å². The third kappa shape index (κ3) is 6.07. The number of hydrogen-bond donors (Lipinski definition) is 2. The molecule has 7 heteroatoms. The molecule has 35 heavy (non-hydrogen) atoms. The first kappa shape index (κ1) is 25.7. The number of para-hydroxylation sites is 1. The van der Waals surface area contributed by atoms with Crippen LogP contribution in [0.3, 0.4) is 0 Å². The number of nitrogens with one attached hydrogen (secondary N) is 2. The summed E-state index contributed by atoms with van der Waals surface area (Å²) in [7, 11) is -3.33. The van der Waals surface area contributed by atoms with E-state index in [-0.39, 0.29) is 23.3 Å². The first-order valence-corrected chi connectivity index (χ1v) is 14.6.